The van der Waals surface area contributed by atoms with E-state index in [4.69, 9.17) is 0 Å². The van der Waals surface area contributed by atoms with Crippen molar-refractivity contribution >= 4 is 22.2 Å². The molecule has 4 heteroatoms. The molecular weight excluding hydrogens is 268 g/mol. The molecule has 0 aliphatic rings. The Kier molecular flexibility index (Phi) is 3.19. The first-order valence-electron chi connectivity index (χ1n) is 4.92. The van der Waals surface area contributed by atoms with Gasteiger partial charge in [-0.3, -0.25) is 9.48 Å². The number of carbonyl (C=O) groups is 1. The Labute approximate surface area is 102 Å². The van der Waals surface area contributed by atoms with Crippen molar-refractivity contribution in [2.24, 2.45) is 0 Å². The Hall–Kier alpha value is -1.42. The van der Waals surface area contributed by atoms with Crippen molar-refractivity contribution in [1.82, 2.24) is 9.78 Å². The molecule has 1 heterocycles. The number of hydrogen-bond donors (Lipinski definition) is 0. The zero-order valence-electron chi connectivity index (χ0n) is 8.85. The van der Waals surface area contributed by atoms with Crippen LogP contribution in [0.3, 0.4) is 0 Å². The third-order valence-electron chi connectivity index (χ3n) is 2.49. The van der Waals surface area contributed by atoms with Crippen LogP contribution >= 0.6 is 15.9 Å². The van der Waals surface area contributed by atoms with E-state index >= 15 is 0 Å². The minimum Gasteiger partial charge on any atom is -0.298 e. The fraction of sp³-hybridized carbons (Fsp3) is 0.167. The minimum absolute atomic E-state index is 0.648. The minimum atomic E-state index is 0.648. The smallest absolute Gasteiger partial charge is 0.153 e. The van der Waals surface area contributed by atoms with Crippen molar-refractivity contribution in [1.29, 1.82) is 0 Å². The van der Waals surface area contributed by atoms with Crippen LogP contribution < -0.4 is 0 Å². The van der Waals surface area contributed by atoms with E-state index in [0.29, 0.717) is 12.1 Å². The summed E-state index contributed by atoms with van der Waals surface area (Å²) in [6, 6.07) is 8.04. The van der Waals surface area contributed by atoms with Crippen LogP contribution in [0.5, 0.6) is 0 Å². The lowest BCUT2D eigenvalue weighted by Crippen LogP contribution is -2.04. The molecule has 1 aromatic heterocycles. The summed E-state index contributed by atoms with van der Waals surface area (Å²) < 4.78 is 2.87. The molecule has 0 radical (unpaired) electrons. The van der Waals surface area contributed by atoms with E-state index in [0.717, 1.165) is 22.0 Å². The number of aldehydes is 1. The van der Waals surface area contributed by atoms with Gasteiger partial charge in [0.25, 0.3) is 0 Å². The number of carbonyl (C=O) groups excluding carboxylic acids is 1. The molecule has 2 aromatic rings. The maximum absolute atomic E-state index is 10.7. The van der Waals surface area contributed by atoms with Crippen LogP contribution in [0.25, 0.3) is 0 Å². The number of nitrogens with zero attached hydrogens (tertiary/aromatic N) is 2. The average molecular weight is 279 g/mol. The summed E-state index contributed by atoms with van der Waals surface area (Å²) >= 11 is 3.43. The van der Waals surface area contributed by atoms with Crippen LogP contribution in [0.1, 0.15) is 21.6 Å². The van der Waals surface area contributed by atoms with E-state index in [2.05, 4.69) is 21.0 Å². The maximum Gasteiger partial charge on any atom is 0.153 e. The van der Waals surface area contributed by atoms with Crippen molar-refractivity contribution in [3.05, 3.63) is 51.8 Å². The van der Waals surface area contributed by atoms with Crippen molar-refractivity contribution in [3.8, 4) is 0 Å². The van der Waals surface area contributed by atoms with Gasteiger partial charge in [-0.15, -0.1) is 0 Å². The average Bonchev–Trinajstić information content (AvgIpc) is 2.60. The van der Waals surface area contributed by atoms with Gasteiger partial charge in [-0.25, -0.2) is 0 Å². The zero-order chi connectivity index (χ0) is 11.5. The monoisotopic (exact) mass is 278 g/mol. The van der Waals surface area contributed by atoms with Gasteiger partial charge in [0.05, 0.1) is 18.3 Å². The normalized spacial score (nSPS) is 10.4. The summed E-state index contributed by atoms with van der Waals surface area (Å²) in [5.74, 6) is 0. The molecule has 0 bridgehead atoms. The fourth-order valence-corrected chi connectivity index (χ4v) is 1.99. The van der Waals surface area contributed by atoms with Gasteiger partial charge in [0, 0.05) is 10.2 Å². The van der Waals surface area contributed by atoms with Crippen LogP contribution in [-0.2, 0) is 6.54 Å². The van der Waals surface area contributed by atoms with Crippen LogP contribution in [0.4, 0.5) is 0 Å². The van der Waals surface area contributed by atoms with Gasteiger partial charge in [-0.05, 0) is 24.6 Å². The number of rotatable bonds is 3. The number of benzene rings is 1. The van der Waals surface area contributed by atoms with Crippen LogP contribution in [-0.4, -0.2) is 16.1 Å². The highest BCUT2D eigenvalue weighted by atomic mass is 79.9. The highest BCUT2D eigenvalue weighted by Crippen LogP contribution is 2.14. The van der Waals surface area contributed by atoms with Gasteiger partial charge < -0.3 is 0 Å². The van der Waals surface area contributed by atoms with Gasteiger partial charge >= 0.3 is 0 Å². The quantitative estimate of drug-likeness (QED) is 0.810. The van der Waals surface area contributed by atoms with E-state index in [1.807, 2.05) is 35.9 Å². The zero-order valence-corrected chi connectivity index (χ0v) is 10.4. The first-order valence-corrected chi connectivity index (χ1v) is 5.72. The number of hydrogen-bond acceptors (Lipinski definition) is 2. The molecule has 1 aromatic carbocycles. The lowest BCUT2D eigenvalue weighted by Gasteiger charge is -2.05. The van der Waals surface area contributed by atoms with Crippen LogP contribution in [0, 0.1) is 6.92 Å². The fourth-order valence-electron chi connectivity index (χ4n) is 1.54. The molecule has 0 atom stereocenters. The molecule has 0 N–H and O–H groups in total. The second-order valence-electron chi connectivity index (χ2n) is 3.59. The van der Waals surface area contributed by atoms with E-state index in [-0.39, 0.29) is 0 Å². The van der Waals surface area contributed by atoms with E-state index in [1.54, 1.807) is 6.20 Å². The van der Waals surface area contributed by atoms with Crippen molar-refractivity contribution in [2.75, 3.05) is 0 Å². The summed E-state index contributed by atoms with van der Waals surface area (Å²) in [6.07, 6.45) is 2.43. The standard InChI is InChI=1S/C12H11BrN2O/c1-9-11(8-16)6-14-15(9)7-10-3-2-4-12(13)5-10/h2-6,8H,7H2,1H3. The Morgan fingerprint density at radius 1 is 1.50 bits per heavy atom. The van der Waals surface area contributed by atoms with Crippen molar-refractivity contribution < 1.29 is 4.79 Å². The SMILES string of the molecule is Cc1c(C=O)cnn1Cc1cccc(Br)c1. The molecule has 0 saturated heterocycles. The number of aromatic nitrogens is 2. The highest BCUT2D eigenvalue weighted by Gasteiger charge is 2.05. The molecule has 3 nitrogen and oxygen atoms in total. The van der Waals surface area contributed by atoms with Gasteiger partial charge in [-0.1, -0.05) is 28.1 Å². The molecule has 82 valence electrons. The Morgan fingerprint density at radius 2 is 2.31 bits per heavy atom. The molecule has 0 fully saturated rings. The van der Waals surface area contributed by atoms with E-state index in [9.17, 15) is 4.79 Å². The summed E-state index contributed by atoms with van der Waals surface area (Å²) in [5.41, 5.74) is 2.70. The first-order chi connectivity index (χ1) is 7.70. The lowest BCUT2D eigenvalue weighted by atomic mass is 10.2. The molecule has 16 heavy (non-hydrogen) atoms. The topological polar surface area (TPSA) is 34.9 Å². The first kappa shape index (κ1) is 11.1. The van der Waals surface area contributed by atoms with Gasteiger partial charge in [0.2, 0.25) is 0 Å². The largest absolute Gasteiger partial charge is 0.298 e. The molecule has 2 rings (SSSR count). The van der Waals surface area contributed by atoms with Crippen LogP contribution in [0.15, 0.2) is 34.9 Å². The Morgan fingerprint density at radius 3 is 2.94 bits per heavy atom. The summed E-state index contributed by atoms with van der Waals surface area (Å²) in [6.45, 7) is 2.58. The predicted molar refractivity (Wildman–Crippen MR) is 65.6 cm³/mol. The third kappa shape index (κ3) is 2.22. The summed E-state index contributed by atoms with van der Waals surface area (Å²) in [7, 11) is 0. The summed E-state index contributed by atoms with van der Waals surface area (Å²) in [4.78, 5) is 10.7. The maximum atomic E-state index is 10.7. The molecule has 0 aliphatic heterocycles. The number of halogens is 1. The van der Waals surface area contributed by atoms with Gasteiger partial charge in [-0.2, -0.15) is 5.10 Å². The molecule has 0 saturated carbocycles. The predicted octanol–water partition coefficient (Wildman–Crippen LogP) is 2.81. The van der Waals surface area contributed by atoms with E-state index in [1.165, 1.54) is 0 Å². The second-order valence-corrected chi connectivity index (χ2v) is 4.51. The van der Waals surface area contributed by atoms with Gasteiger partial charge in [0.1, 0.15) is 0 Å². The van der Waals surface area contributed by atoms with Crippen molar-refractivity contribution in [3.63, 3.8) is 0 Å². The van der Waals surface area contributed by atoms with E-state index < -0.39 is 0 Å². The second kappa shape index (κ2) is 4.61. The molecule has 0 aliphatic carbocycles. The Bertz CT molecular complexity index is 519. The lowest BCUT2D eigenvalue weighted by molar-refractivity contribution is 0.112. The Balaban J connectivity index is 2.27. The molecule has 0 unspecified atom stereocenters. The molecule has 0 spiro atoms. The summed E-state index contributed by atoms with van der Waals surface area (Å²) in [5, 5.41) is 4.18. The van der Waals surface area contributed by atoms with Crippen molar-refractivity contribution in [2.45, 2.75) is 13.5 Å². The highest BCUT2D eigenvalue weighted by molar-refractivity contribution is 9.10. The van der Waals surface area contributed by atoms with Crippen LogP contribution in [0.2, 0.25) is 0 Å². The molecule has 0 amide bonds. The molecular formula is C12H11BrN2O. The van der Waals surface area contributed by atoms with Gasteiger partial charge in [0.15, 0.2) is 6.29 Å². The third-order valence-corrected chi connectivity index (χ3v) is 2.98.